The summed E-state index contributed by atoms with van der Waals surface area (Å²) < 4.78 is 5.11. The first-order chi connectivity index (χ1) is 10.0. The molecule has 0 aliphatic heterocycles. The van der Waals surface area contributed by atoms with Crippen molar-refractivity contribution in [1.29, 1.82) is 0 Å². The number of ether oxygens (including phenoxy) is 1. The topological polar surface area (TPSA) is 46.5 Å². The van der Waals surface area contributed by atoms with E-state index >= 15 is 0 Å². The molecule has 1 N–H and O–H groups in total. The average molecular weight is 349 g/mol. The van der Waals surface area contributed by atoms with Crippen molar-refractivity contribution in [3.8, 4) is 5.75 Å². The number of methoxy groups -OCH3 is 1. The van der Waals surface area contributed by atoms with Gasteiger partial charge in [-0.15, -0.1) is 11.8 Å². The van der Waals surface area contributed by atoms with Gasteiger partial charge in [-0.2, -0.15) is 0 Å². The fraction of sp³-hybridized carbons (Fsp3) is 0.533. The molecular formula is C15H18Cl2O3S. The molecule has 1 aliphatic rings. The fourth-order valence-corrected chi connectivity index (χ4v) is 4.46. The van der Waals surface area contributed by atoms with E-state index in [4.69, 9.17) is 27.9 Å². The van der Waals surface area contributed by atoms with Crippen LogP contribution in [0.15, 0.2) is 17.0 Å². The van der Waals surface area contributed by atoms with E-state index in [2.05, 4.69) is 0 Å². The molecule has 0 saturated heterocycles. The summed E-state index contributed by atoms with van der Waals surface area (Å²) in [6.07, 6.45) is 5.33. The van der Waals surface area contributed by atoms with Gasteiger partial charge in [0.15, 0.2) is 0 Å². The Morgan fingerprint density at radius 2 is 1.95 bits per heavy atom. The standard InChI is InChI=1S/C15H18Cl2O3S/c1-20-10-7-8-11(13(17)12(10)16)21-14(15(18)19)9-5-3-2-4-6-9/h7-9,14H,2-6H2,1H3,(H,18,19). The van der Waals surface area contributed by atoms with Gasteiger partial charge in [-0.1, -0.05) is 42.5 Å². The molecule has 0 heterocycles. The molecule has 0 amide bonds. The van der Waals surface area contributed by atoms with Crippen LogP contribution >= 0.6 is 35.0 Å². The van der Waals surface area contributed by atoms with Gasteiger partial charge in [-0.3, -0.25) is 4.79 Å². The lowest BCUT2D eigenvalue weighted by molar-refractivity contribution is -0.137. The Hall–Kier alpha value is -0.580. The van der Waals surface area contributed by atoms with Gasteiger partial charge < -0.3 is 9.84 Å². The number of halogens is 2. The van der Waals surface area contributed by atoms with Crippen LogP contribution in [0.2, 0.25) is 10.0 Å². The Kier molecular flexibility index (Phi) is 6.08. The quantitative estimate of drug-likeness (QED) is 0.749. The predicted octanol–water partition coefficient (Wildman–Crippen LogP) is 5.13. The van der Waals surface area contributed by atoms with Crippen molar-refractivity contribution in [1.82, 2.24) is 0 Å². The number of aliphatic carboxylic acids is 1. The Morgan fingerprint density at radius 1 is 1.29 bits per heavy atom. The van der Waals surface area contributed by atoms with E-state index in [1.807, 2.05) is 0 Å². The lowest BCUT2D eigenvalue weighted by atomic mass is 9.87. The molecule has 1 unspecified atom stereocenters. The van der Waals surface area contributed by atoms with Crippen LogP contribution in [-0.2, 0) is 4.79 Å². The summed E-state index contributed by atoms with van der Waals surface area (Å²) in [5.41, 5.74) is 0. The highest BCUT2D eigenvalue weighted by molar-refractivity contribution is 8.00. The molecule has 1 saturated carbocycles. The average Bonchev–Trinajstić information content (AvgIpc) is 2.49. The zero-order valence-corrected chi connectivity index (χ0v) is 14.1. The number of benzene rings is 1. The van der Waals surface area contributed by atoms with Crippen molar-refractivity contribution in [2.75, 3.05) is 7.11 Å². The van der Waals surface area contributed by atoms with Gasteiger partial charge >= 0.3 is 5.97 Å². The first-order valence-corrected chi connectivity index (χ1v) is 8.59. The first-order valence-electron chi connectivity index (χ1n) is 6.96. The number of carboxylic acid groups (broad SMARTS) is 1. The van der Waals surface area contributed by atoms with Crippen LogP contribution in [0.4, 0.5) is 0 Å². The highest BCUT2D eigenvalue weighted by atomic mass is 35.5. The second-order valence-corrected chi connectivity index (χ2v) is 7.11. The van der Waals surface area contributed by atoms with Crippen LogP contribution in [0.25, 0.3) is 0 Å². The maximum atomic E-state index is 11.6. The smallest absolute Gasteiger partial charge is 0.317 e. The molecule has 1 atom stereocenters. The lowest BCUT2D eigenvalue weighted by Gasteiger charge is -2.27. The largest absolute Gasteiger partial charge is 0.495 e. The van der Waals surface area contributed by atoms with Crippen molar-refractivity contribution in [2.24, 2.45) is 5.92 Å². The maximum absolute atomic E-state index is 11.6. The normalized spacial score (nSPS) is 17.5. The lowest BCUT2D eigenvalue weighted by Crippen LogP contribution is -2.28. The van der Waals surface area contributed by atoms with Crippen molar-refractivity contribution < 1.29 is 14.6 Å². The fourth-order valence-electron chi connectivity index (χ4n) is 2.68. The molecule has 0 spiro atoms. The number of hydrogen-bond acceptors (Lipinski definition) is 3. The number of hydrogen-bond donors (Lipinski definition) is 1. The van der Waals surface area contributed by atoms with Gasteiger partial charge in [-0.05, 0) is 30.9 Å². The monoisotopic (exact) mass is 348 g/mol. The zero-order valence-electron chi connectivity index (χ0n) is 11.8. The van der Waals surface area contributed by atoms with E-state index in [1.165, 1.54) is 25.3 Å². The van der Waals surface area contributed by atoms with E-state index < -0.39 is 11.2 Å². The molecule has 0 aromatic heterocycles. The summed E-state index contributed by atoms with van der Waals surface area (Å²) in [5, 5.41) is 9.74. The van der Waals surface area contributed by atoms with E-state index in [0.29, 0.717) is 20.7 Å². The summed E-state index contributed by atoms with van der Waals surface area (Å²) in [6.45, 7) is 0. The molecule has 6 heteroatoms. The maximum Gasteiger partial charge on any atom is 0.317 e. The summed E-state index contributed by atoms with van der Waals surface area (Å²) in [5.74, 6) is -0.0938. The van der Waals surface area contributed by atoms with Crippen LogP contribution in [0.5, 0.6) is 5.75 Å². The Morgan fingerprint density at radius 3 is 2.52 bits per heavy atom. The van der Waals surface area contributed by atoms with Gasteiger partial charge in [0, 0.05) is 4.90 Å². The zero-order chi connectivity index (χ0) is 15.4. The molecule has 0 radical (unpaired) electrons. The van der Waals surface area contributed by atoms with Crippen LogP contribution in [0.1, 0.15) is 32.1 Å². The van der Waals surface area contributed by atoms with E-state index in [9.17, 15) is 9.90 Å². The van der Waals surface area contributed by atoms with Crippen LogP contribution in [0.3, 0.4) is 0 Å². The third-order valence-corrected chi connectivity index (χ3v) is 6.22. The summed E-state index contributed by atoms with van der Waals surface area (Å²) in [7, 11) is 1.52. The predicted molar refractivity (Wildman–Crippen MR) is 86.9 cm³/mol. The molecule has 1 aliphatic carbocycles. The van der Waals surface area contributed by atoms with Gasteiger partial charge in [0.2, 0.25) is 0 Å². The van der Waals surface area contributed by atoms with E-state index in [1.54, 1.807) is 12.1 Å². The molecule has 1 fully saturated rings. The number of thioether (sulfide) groups is 1. The van der Waals surface area contributed by atoms with Gasteiger partial charge in [-0.25, -0.2) is 0 Å². The summed E-state index contributed by atoms with van der Waals surface area (Å²) in [6, 6.07) is 3.49. The highest BCUT2D eigenvalue weighted by Crippen LogP contribution is 2.43. The Bertz CT molecular complexity index is 516. The Labute approximate surface area is 139 Å². The molecular weight excluding hydrogens is 331 g/mol. The minimum atomic E-state index is -0.782. The minimum absolute atomic E-state index is 0.193. The van der Waals surface area contributed by atoms with Gasteiger partial charge in [0.25, 0.3) is 0 Å². The van der Waals surface area contributed by atoms with E-state index in [0.717, 1.165) is 25.7 Å². The number of carboxylic acids is 1. The van der Waals surface area contributed by atoms with Crippen LogP contribution in [-0.4, -0.2) is 23.4 Å². The van der Waals surface area contributed by atoms with Crippen molar-refractivity contribution in [2.45, 2.75) is 42.2 Å². The SMILES string of the molecule is COc1ccc(SC(C(=O)O)C2CCCCC2)c(Cl)c1Cl. The molecule has 1 aromatic carbocycles. The molecule has 2 rings (SSSR count). The van der Waals surface area contributed by atoms with Gasteiger partial charge in [0.1, 0.15) is 16.0 Å². The first kappa shape index (κ1) is 16.8. The highest BCUT2D eigenvalue weighted by Gasteiger charge is 2.31. The van der Waals surface area contributed by atoms with Crippen molar-refractivity contribution in [3.05, 3.63) is 22.2 Å². The molecule has 0 bridgehead atoms. The number of rotatable bonds is 5. The van der Waals surface area contributed by atoms with E-state index in [-0.39, 0.29) is 5.92 Å². The molecule has 1 aromatic rings. The number of carbonyl (C=O) groups is 1. The molecule has 3 nitrogen and oxygen atoms in total. The summed E-state index contributed by atoms with van der Waals surface area (Å²) >= 11 is 13.7. The van der Waals surface area contributed by atoms with Crippen molar-refractivity contribution >= 4 is 40.9 Å². The van der Waals surface area contributed by atoms with Crippen LogP contribution in [0, 0.1) is 5.92 Å². The second-order valence-electron chi connectivity index (χ2n) is 5.17. The second kappa shape index (κ2) is 7.61. The third kappa shape index (κ3) is 3.99. The van der Waals surface area contributed by atoms with Crippen LogP contribution < -0.4 is 4.74 Å². The van der Waals surface area contributed by atoms with Gasteiger partial charge in [0.05, 0.1) is 12.1 Å². The summed E-state index contributed by atoms with van der Waals surface area (Å²) in [4.78, 5) is 12.3. The third-order valence-electron chi connectivity index (χ3n) is 3.81. The minimum Gasteiger partial charge on any atom is -0.495 e. The Balaban J connectivity index is 2.21. The molecule has 116 valence electrons. The van der Waals surface area contributed by atoms with Crippen molar-refractivity contribution in [3.63, 3.8) is 0 Å². The molecule has 21 heavy (non-hydrogen) atoms.